The lowest BCUT2D eigenvalue weighted by Crippen LogP contribution is -2.46. The quantitative estimate of drug-likeness (QED) is 0.0953. The van der Waals surface area contributed by atoms with Crippen LogP contribution < -0.4 is 14.1 Å². The lowest BCUT2D eigenvalue weighted by Gasteiger charge is -2.41. The van der Waals surface area contributed by atoms with Gasteiger partial charge in [-0.05, 0) is 81.5 Å². The monoisotopic (exact) mass is 772 g/mol. The number of rotatable bonds is 6. The average molecular weight is 773 g/mol. The van der Waals surface area contributed by atoms with Crippen molar-refractivity contribution >= 4 is 61.6 Å². The predicted octanol–water partition coefficient (Wildman–Crippen LogP) is 14.9. The molecule has 2 aliphatic heterocycles. The fraction of sp³-hybridized carbons (Fsp3) is 0.222. The summed E-state index contributed by atoms with van der Waals surface area (Å²) < 4.78 is 3.67. The SMILES string of the molecule is CC(C)(C)c1cc(N(c2ccccc2)c2ccc3c4ccccc4n(-c4cc(C(C)(C)C)ccn4)c3c2)cc([N+]23[CH-][N@+]2(c2cccc(C(C)(C)C)c2)c2ccccc23)c1. The van der Waals surface area contributed by atoms with Crippen molar-refractivity contribution in [3.05, 3.63) is 181 Å². The minimum atomic E-state index is -0.103. The van der Waals surface area contributed by atoms with Crippen LogP contribution in [0.3, 0.4) is 0 Å². The van der Waals surface area contributed by atoms with Crippen LogP contribution in [0.1, 0.15) is 79.0 Å². The highest BCUT2D eigenvalue weighted by molar-refractivity contribution is 6.10. The number of quaternary nitrogens is 2. The van der Waals surface area contributed by atoms with Gasteiger partial charge in [0.05, 0.1) is 16.7 Å². The number of hydrogen-bond donors (Lipinski definition) is 0. The van der Waals surface area contributed by atoms with Crippen molar-refractivity contribution in [1.29, 1.82) is 0 Å². The van der Waals surface area contributed by atoms with Gasteiger partial charge in [-0.15, -0.1) is 0 Å². The van der Waals surface area contributed by atoms with Gasteiger partial charge in [0.2, 0.25) is 11.4 Å². The molecule has 0 aliphatic carbocycles. The Morgan fingerprint density at radius 3 is 1.78 bits per heavy atom. The first kappa shape index (κ1) is 37.3. The average Bonchev–Trinajstić information content (AvgIpc) is 3.71. The molecule has 1 saturated heterocycles. The molecule has 0 spiro atoms. The van der Waals surface area contributed by atoms with Gasteiger partial charge in [0.15, 0.2) is 18.0 Å². The Balaban J connectivity index is 1.20. The van der Waals surface area contributed by atoms with Crippen LogP contribution in [0.5, 0.6) is 0 Å². The zero-order chi connectivity index (χ0) is 41.1. The van der Waals surface area contributed by atoms with Crippen molar-refractivity contribution in [1.82, 2.24) is 18.7 Å². The topological polar surface area (TPSA) is 21.1 Å². The number of benzene rings is 6. The Bertz CT molecular complexity index is 2940. The Hall–Kier alpha value is -6.01. The van der Waals surface area contributed by atoms with Crippen LogP contribution in [0, 0.1) is 6.67 Å². The molecule has 0 N–H and O–H groups in total. The molecule has 59 heavy (non-hydrogen) atoms. The molecule has 294 valence electrons. The molecule has 0 bridgehead atoms. The Morgan fingerprint density at radius 1 is 0.458 bits per heavy atom. The van der Waals surface area contributed by atoms with Crippen molar-refractivity contribution in [2.24, 2.45) is 0 Å². The highest BCUT2D eigenvalue weighted by Gasteiger charge is 2.78. The molecule has 2 aromatic heterocycles. The second kappa shape index (κ2) is 12.7. The summed E-state index contributed by atoms with van der Waals surface area (Å²) in [5.41, 5.74) is 14.6. The summed E-state index contributed by atoms with van der Waals surface area (Å²) in [5.74, 6) is 0.929. The molecule has 1 unspecified atom stereocenters. The summed E-state index contributed by atoms with van der Waals surface area (Å²) in [6.07, 6.45) is 1.96. The summed E-state index contributed by atoms with van der Waals surface area (Å²) in [4.78, 5) is 7.44. The van der Waals surface area contributed by atoms with Crippen molar-refractivity contribution in [2.75, 3.05) is 4.90 Å². The number of para-hydroxylation sites is 4. The number of anilines is 3. The van der Waals surface area contributed by atoms with Crippen molar-refractivity contribution in [2.45, 2.75) is 78.6 Å². The second-order valence-electron chi connectivity index (χ2n) is 19.6. The number of pyridine rings is 1. The van der Waals surface area contributed by atoms with E-state index in [1.165, 1.54) is 50.2 Å². The lowest BCUT2D eigenvalue weighted by molar-refractivity contribution is 0.425. The fourth-order valence-corrected chi connectivity index (χ4v) is 9.37. The third kappa shape index (κ3) is 5.62. The van der Waals surface area contributed by atoms with E-state index in [9.17, 15) is 0 Å². The highest BCUT2D eigenvalue weighted by atomic mass is 16.1. The van der Waals surface area contributed by atoms with E-state index in [4.69, 9.17) is 4.98 Å². The maximum absolute atomic E-state index is 4.99. The molecule has 10 rings (SSSR count). The van der Waals surface area contributed by atoms with Crippen LogP contribution in [0.4, 0.5) is 39.8 Å². The Kier molecular flexibility index (Phi) is 8.05. The summed E-state index contributed by atoms with van der Waals surface area (Å²) in [6.45, 7) is 23.2. The van der Waals surface area contributed by atoms with E-state index in [0.717, 1.165) is 33.9 Å². The highest BCUT2D eigenvalue weighted by Crippen LogP contribution is 2.75. The third-order valence-electron chi connectivity index (χ3n) is 12.7. The first-order valence-corrected chi connectivity index (χ1v) is 21.0. The first-order valence-electron chi connectivity index (χ1n) is 21.0. The molecular weight excluding hydrogens is 719 g/mol. The molecule has 5 nitrogen and oxygen atoms in total. The van der Waals surface area contributed by atoms with Crippen LogP contribution in [-0.2, 0) is 16.2 Å². The van der Waals surface area contributed by atoms with Crippen molar-refractivity contribution in [3.8, 4) is 5.82 Å². The molecule has 4 heterocycles. The Labute approximate surface area is 349 Å². The summed E-state index contributed by atoms with van der Waals surface area (Å²) in [7, 11) is 0. The molecule has 1 fully saturated rings. The maximum atomic E-state index is 4.99. The molecular formula is C54H54N5+. The fourth-order valence-electron chi connectivity index (χ4n) is 9.37. The minimum absolute atomic E-state index is 0.00879. The number of fused-ring (bicyclic) bond motifs is 7. The van der Waals surface area contributed by atoms with E-state index >= 15 is 0 Å². The van der Waals surface area contributed by atoms with Crippen LogP contribution in [0.25, 0.3) is 27.6 Å². The summed E-state index contributed by atoms with van der Waals surface area (Å²) in [5, 5.41) is 2.42. The van der Waals surface area contributed by atoms with Crippen molar-refractivity contribution < 1.29 is 0 Å². The molecule has 2 aliphatic rings. The molecule has 0 radical (unpaired) electrons. The summed E-state index contributed by atoms with van der Waals surface area (Å²) >= 11 is 0. The maximum Gasteiger partial charge on any atom is 0.225 e. The second-order valence-corrected chi connectivity index (χ2v) is 19.6. The zero-order valence-electron chi connectivity index (χ0n) is 35.8. The largest absolute Gasteiger partial charge is 0.310 e. The van der Waals surface area contributed by atoms with Gasteiger partial charge in [-0.1, -0.05) is 129 Å². The Morgan fingerprint density at radius 2 is 1.07 bits per heavy atom. The smallest absolute Gasteiger partial charge is 0.225 e. The number of hydrogen-bond acceptors (Lipinski definition) is 2. The van der Waals surface area contributed by atoms with E-state index in [0.29, 0.717) is 9.18 Å². The predicted molar refractivity (Wildman–Crippen MR) is 249 cm³/mol. The van der Waals surface area contributed by atoms with E-state index in [2.05, 4.69) is 230 Å². The van der Waals surface area contributed by atoms with Crippen LogP contribution in [-0.4, -0.2) is 9.55 Å². The van der Waals surface area contributed by atoms with E-state index < -0.39 is 0 Å². The normalized spacial score (nSPS) is 18.7. The van der Waals surface area contributed by atoms with E-state index in [1.54, 1.807) is 0 Å². The molecule has 0 saturated carbocycles. The van der Waals surface area contributed by atoms with Gasteiger partial charge in [0.1, 0.15) is 5.82 Å². The van der Waals surface area contributed by atoms with E-state index in [1.807, 2.05) is 6.20 Å². The van der Waals surface area contributed by atoms with Crippen LogP contribution in [0.15, 0.2) is 158 Å². The molecule has 2 atom stereocenters. The standard InChI is InChI=1S/C54H54N5/c1-52(2,3)37-18-17-21-43(31-37)58-36-59(58,50-25-16-15-24-49(50)58)44-32-39(54(7,8)9)30-42(34-44)56(40-19-11-10-12-20-40)41-26-27-46-45-22-13-14-23-47(45)57(48(46)35-41)51-33-38(28-29-55-51)53(4,5)6/h10-36H,1-9H3/q+1/t58-,59?/m0/s1. The first-order chi connectivity index (χ1) is 28.1. The van der Waals surface area contributed by atoms with Gasteiger partial charge >= 0.3 is 0 Å². The van der Waals surface area contributed by atoms with Gasteiger partial charge in [0, 0.05) is 64.7 Å². The number of aromatic nitrogens is 2. The van der Waals surface area contributed by atoms with Gasteiger partial charge in [-0.2, -0.15) is 9.18 Å². The number of nitrogens with zero attached hydrogens (tertiary/aromatic N) is 5. The van der Waals surface area contributed by atoms with Gasteiger partial charge in [-0.3, -0.25) is 4.57 Å². The molecule has 5 heteroatoms. The van der Waals surface area contributed by atoms with Gasteiger partial charge < -0.3 is 4.90 Å². The zero-order valence-corrected chi connectivity index (χ0v) is 35.8. The lowest BCUT2D eigenvalue weighted by atomic mass is 9.86. The molecule has 6 aromatic carbocycles. The molecule has 8 aromatic rings. The van der Waals surface area contributed by atoms with Gasteiger partial charge in [0.25, 0.3) is 0 Å². The third-order valence-corrected chi connectivity index (χ3v) is 12.7. The minimum Gasteiger partial charge on any atom is -0.310 e. The molecule has 0 amide bonds. The van der Waals surface area contributed by atoms with Crippen LogP contribution in [0.2, 0.25) is 0 Å². The van der Waals surface area contributed by atoms with Gasteiger partial charge in [-0.25, -0.2) is 4.98 Å². The van der Waals surface area contributed by atoms with Crippen LogP contribution >= 0.6 is 0 Å². The summed E-state index contributed by atoms with van der Waals surface area (Å²) in [6, 6.07) is 56.5. The van der Waals surface area contributed by atoms with Crippen molar-refractivity contribution in [3.63, 3.8) is 0 Å². The van der Waals surface area contributed by atoms with E-state index in [-0.39, 0.29) is 16.2 Å².